The number of morpholine rings is 1. The van der Waals surface area contributed by atoms with Crippen LogP contribution in [0.3, 0.4) is 0 Å². The third-order valence-corrected chi connectivity index (χ3v) is 5.43. The molecule has 0 saturated carbocycles. The largest absolute Gasteiger partial charge is 0.376 e. The minimum absolute atomic E-state index is 0.0293. The second-order valence-electron chi connectivity index (χ2n) is 6.42. The number of anilines is 1. The Balaban J connectivity index is 1.57. The zero-order chi connectivity index (χ0) is 18.0. The molecule has 2 aliphatic heterocycles. The number of carbonyl (C=O) groups is 2. The SMILES string of the molecule is O=C(c1cccs1)N1CCOC[C@]2(C1)CN(c1cccnc1)C(=O)CO2. The van der Waals surface area contributed by atoms with Gasteiger partial charge in [-0.25, -0.2) is 0 Å². The van der Waals surface area contributed by atoms with E-state index >= 15 is 0 Å². The summed E-state index contributed by atoms with van der Waals surface area (Å²) in [6.07, 6.45) is 3.32. The van der Waals surface area contributed by atoms with Crippen molar-refractivity contribution in [2.45, 2.75) is 5.60 Å². The highest BCUT2D eigenvalue weighted by Crippen LogP contribution is 2.27. The highest BCUT2D eigenvalue weighted by atomic mass is 32.1. The predicted octanol–water partition coefficient (Wildman–Crippen LogP) is 1.42. The van der Waals surface area contributed by atoms with E-state index in [-0.39, 0.29) is 18.4 Å². The Morgan fingerprint density at radius 2 is 2.19 bits per heavy atom. The van der Waals surface area contributed by atoms with Gasteiger partial charge in [0.15, 0.2) is 0 Å². The standard InChI is InChI=1S/C18H19N3O4S/c22-16-10-25-18(12-21(16)14-3-1-5-19-9-14)11-20(6-7-24-13-18)17(23)15-4-2-8-26-15/h1-5,8-9H,6-7,10-13H2/t18-/m0/s1. The number of hydrogen-bond acceptors (Lipinski definition) is 6. The van der Waals surface area contributed by atoms with Crippen LogP contribution in [0, 0.1) is 0 Å². The van der Waals surface area contributed by atoms with E-state index in [9.17, 15) is 9.59 Å². The van der Waals surface area contributed by atoms with E-state index in [4.69, 9.17) is 9.47 Å². The van der Waals surface area contributed by atoms with Crippen LogP contribution < -0.4 is 4.90 Å². The van der Waals surface area contributed by atoms with Gasteiger partial charge in [-0.15, -0.1) is 11.3 Å². The van der Waals surface area contributed by atoms with Gasteiger partial charge >= 0.3 is 0 Å². The van der Waals surface area contributed by atoms with Crippen molar-refractivity contribution in [3.8, 4) is 0 Å². The number of carbonyl (C=O) groups excluding carboxylic acids is 2. The minimum atomic E-state index is -0.743. The fourth-order valence-electron chi connectivity index (χ4n) is 3.28. The quantitative estimate of drug-likeness (QED) is 0.796. The van der Waals surface area contributed by atoms with Gasteiger partial charge in [-0.2, -0.15) is 0 Å². The van der Waals surface area contributed by atoms with Crippen LogP contribution in [0.15, 0.2) is 42.0 Å². The van der Waals surface area contributed by atoms with Crippen LogP contribution in [-0.2, 0) is 14.3 Å². The summed E-state index contributed by atoms with van der Waals surface area (Å²) in [4.78, 5) is 33.4. The van der Waals surface area contributed by atoms with Gasteiger partial charge in [0.25, 0.3) is 11.8 Å². The van der Waals surface area contributed by atoms with Crippen LogP contribution >= 0.6 is 11.3 Å². The fourth-order valence-corrected chi connectivity index (χ4v) is 3.97. The summed E-state index contributed by atoms with van der Waals surface area (Å²) >= 11 is 1.42. The smallest absolute Gasteiger partial charge is 0.264 e. The van der Waals surface area contributed by atoms with Crippen LogP contribution in [0.1, 0.15) is 9.67 Å². The Morgan fingerprint density at radius 1 is 1.27 bits per heavy atom. The van der Waals surface area contributed by atoms with Gasteiger partial charge in [0, 0.05) is 12.7 Å². The molecule has 2 amide bonds. The van der Waals surface area contributed by atoms with E-state index in [0.29, 0.717) is 37.7 Å². The van der Waals surface area contributed by atoms with E-state index in [1.807, 2.05) is 23.6 Å². The maximum Gasteiger partial charge on any atom is 0.264 e. The van der Waals surface area contributed by atoms with Gasteiger partial charge in [0.05, 0.1) is 43.1 Å². The lowest BCUT2D eigenvalue weighted by molar-refractivity contribution is -0.145. The highest BCUT2D eigenvalue weighted by molar-refractivity contribution is 7.12. The first-order valence-electron chi connectivity index (χ1n) is 8.42. The lowest BCUT2D eigenvalue weighted by Gasteiger charge is -2.42. The molecule has 0 aromatic carbocycles. The molecule has 8 heteroatoms. The Labute approximate surface area is 155 Å². The molecule has 26 heavy (non-hydrogen) atoms. The van der Waals surface area contributed by atoms with E-state index in [2.05, 4.69) is 4.98 Å². The van der Waals surface area contributed by atoms with Gasteiger partial charge in [-0.3, -0.25) is 14.6 Å². The summed E-state index contributed by atoms with van der Waals surface area (Å²) < 4.78 is 11.7. The molecule has 0 N–H and O–H groups in total. The fraction of sp³-hybridized carbons (Fsp3) is 0.389. The summed E-state index contributed by atoms with van der Waals surface area (Å²) in [7, 11) is 0. The Hall–Kier alpha value is -2.29. The zero-order valence-corrected chi connectivity index (χ0v) is 15.0. The van der Waals surface area contributed by atoms with Crippen molar-refractivity contribution in [3.63, 3.8) is 0 Å². The molecule has 2 fully saturated rings. The molecule has 1 spiro atoms. The number of aromatic nitrogens is 1. The van der Waals surface area contributed by atoms with Crippen LogP contribution in [-0.4, -0.2) is 66.8 Å². The van der Waals surface area contributed by atoms with Crippen LogP contribution in [0.2, 0.25) is 0 Å². The number of pyridine rings is 1. The normalized spacial score (nSPS) is 23.9. The number of nitrogens with zero attached hydrogens (tertiary/aromatic N) is 3. The lowest BCUT2D eigenvalue weighted by Crippen LogP contribution is -2.61. The Bertz CT molecular complexity index is 783. The second kappa shape index (κ2) is 7.14. The maximum absolute atomic E-state index is 12.8. The van der Waals surface area contributed by atoms with Crippen molar-refractivity contribution in [1.82, 2.24) is 9.88 Å². The first-order valence-corrected chi connectivity index (χ1v) is 9.30. The molecule has 0 radical (unpaired) electrons. The minimum Gasteiger partial charge on any atom is -0.376 e. The summed E-state index contributed by atoms with van der Waals surface area (Å²) in [6.45, 7) is 1.95. The Morgan fingerprint density at radius 3 is 2.96 bits per heavy atom. The summed E-state index contributed by atoms with van der Waals surface area (Å²) in [5, 5.41) is 1.89. The zero-order valence-electron chi connectivity index (χ0n) is 14.2. The molecular formula is C18H19N3O4S. The van der Waals surface area contributed by atoms with Crippen molar-refractivity contribution < 1.29 is 19.1 Å². The Kier molecular flexibility index (Phi) is 4.71. The van der Waals surface area contributed by atoms with Crippen molar-refractivity contribution in [3.05, 3.63) is 46.9 Å². The molecule has 0 bridgehead atoms. The molecule has 136 valence electrons. The van der Waals surface area contributed by atoms with Gasteiger partial charge in [-0.05, 0) is 23.6 Å². The van der Waals surface area contributed by atoms with E-state index < -0.39 is 5.60 Å². The molecule has 7 nitrogen and oxygen atoms in total. The average Bonchev–Trinajstić information content (AvgIpc) is 3.13. The first kappa shape index (κ1) is 17.1. The van der Waals surface area contributed by atoms with E-state index in [1.165, 1.54) is 11.3 Å². The topological polar surface area (TPSA) is 72.0 Å². The van der Waals surface area contributed by atoms with Gasteiger partial charge < -0.3 is 19.3 Å². The number of ether oxygens (including phenoxy) is 2. The molecule has 1 atom stereocenters. The third kappa shape index (κ3) is 3.35. The number of rotatable bonds is 2. The lowest BCUT2D eigenvalue weighted by atomic mass is 10.0. The molecular weight excluding hydrogens is 354 g/mol. The molecule has 4 rings (SSSR count). The first-order chi connectivity index (χ1) is 12.7. The maximum atomic E-state index is 12.8. The third-order valence-electron chi connectivity index (χ3n) is 4.58. The summed E-state index contributed by atoms with van der Waals surface area (Å²) in [6, 6.07) is 7.32. The average molecular weight is 373 g/mol. The molecule has 4 heterocycles. The summed E-state index contributed by atoms with van der Waals surface area (Å²) in [5.41, 5.74) is -0.0201. The van der Waals surface area contributed by atoms with E-state index in [1.54, 1.807) is 28.3 Å². The number of thiophene rings is 1. The van der Waals surface area contributed by atoms with Crippen LogP contribution in [0.5, 0.6) is 0 Å². The second-order valence-corrected chi connectivity index (χ2v) is 7.37. The number of hydrogen-bond donors (Lipinski definition) is 0. The van der Waals surface area contributed by atoms with Gasteiger partial charge in [-0.1, -0.05) is 6.07 Å². The molecule has 0 aliphatic carbocycles. The van der Waals surface area contributed by atoms with Crippen molar-refractivity contribution in [2.24, 2.45) is 0 Å². The van der Waals surface area contributed by atoms with Gasteiger partial charge in [0.1, 0.15) is 12.2 Å². The highest BCUT2D eigenvalue weighted by Gasteiger charge is 2.44. The van der Waals surface area contributed by atoms with E-state index in [0.717, 1.165) is 5.69 Å². The molecule has 2 saturated heterocycles. The summed E-state index contributed by atoms with van der Waals surface area (Å²) in [5.74, 6) is -0.151. The molecule has 0 unspecified atom stereocenters. The monoisotopic (exact) mass is 373 g/mol. The molecule has 2 aliphatic rings. The van der Waals surface area contributed by atoms with Crippen molar-refractivity contribution >= 4 is 28.8 Å². The molecule has 2 aromatic heterocycles. The van der Waals surface area contributed by atoms with Crippen LogP contribution in [0.4, 0.5) is 5.69 Å². The number of amides is 2. The van der Waals surface area contributed by atoms with Gasteiger partial charge in [0.2, 0.25) is 0 Å². The van der Waals surface area contributed by atoms with Crippen molar-refractivity contribution in [1.29, 1.82) is 0 Å². The predicted molar refractivity (Wildman–Crippen MR) is 96.3 cm³/mol. The van der Waals surface area contributed by atoms with Crippen LogP contribution in [0.25, 0.3) is 0 Å². The molecule has 2 aromatic rings. The van der Waals surface area contributed by atoms with Crippen molar-refractivity contribution in [2.75, 3.05) is 44.4 Å².